The molecule has 0 saturated carbocycles. The predicted molar refractivity (Wildman–Crippen MR) is 110 cm³/mol. The zero-order chi connectivity index (χ0) is 17.7. The first kappa shape index (κ1) is 21.2. The maximum atomic E-state index is 11.0. The summed E-state index contributed by atoms with van der Waals surface area (Å²) in [7, 11) is 5.63. The molecule has 9 heteroatoms. The number of amides is 1. The number of nitrogens with two attached hydrogens (primary N) is 1. The summed E-state index contributed by atoms with van der Waals surface area (Å²) >= 11 is 6.01. The first-order valence-corrected chi connectivity index (χ1v) is 7.75. The first-order chi connectivity index (χ1) is 11.4. The quantitative estimate of drug-likeness (QED) is 0.392. The van der Waals surface area contributed by atoms with Gasteiger partial charge in [-0.25, -0.2) is 0 Å². The lowest BCUT2D eigenvalue weighted by Gasteiger charge is -2.22. The van der Waals surface area contributed by atoms with Crippen LogP contribution in [0.3, 0.4) is 0 Å². The van der Waals surface area contributed by atoms with Gasteiger partial charge in [-0.1, -0.05) is 17.7 Å². The highest BCUT2D eigenvalue weighted by Crippen LogP contribution is 2.14. The van der Waals surface area contributed by atoms with E-state index in [0.717, 1.165) is 17.2 Å². The van der Waals surface area contributed by atoms with Crippen LogP contribution in [-0.4, -0.2) is 40.4 Å². The second-order valence-corrected chi connectivity index (χ2v) is 5.87. The molecule has 2 heterocycles. The fraction of sp³-hybridized carbons (Fsp3) is 0.312. The molecule has 136 valence electrons. The third-order valence-corrected chi connectivity index (χ3v) is 3.78. The Morgan fingerprint density at radius 3 is 2.68 bits per heavy atom. The summed E-state index contributed by atoms with van der Waals surface area (Å²) in [6, 6.07) is 5.35. The number of carbonyl (C=O) groups excluding carboxylic acids is 1. The van der Waals surface area contributed by atoms with Crippen molar-refractivity contribution in [2.45, 2.75) is 13.1 Å². The van der Waals surface area contributed by atoms with Gasteiger partial charge >= 0.3 is 0 Å². The van der Waals surface area contributed by atoms with Crippen molar-refractivity contribution in [2.24, 2.45) is 17.8 Å². The van der Waals surface area contributed by atoms with E-state index in [1.54, 1.807) is 19.3 Å². The van der Waals surface area contributed by atoms with E-state index in [1.807, 2.05) is 41.9 Å². The number of guanidine groups is 1. The molecule has 0 aliphatic rings. The Balaban J connectivity index is 0.00000312. The van der Waals surface area contributed by atoms with Gasteiger partial charge in [-0.2, -0.15) is 0 Å². The van der Waals surface area contributed by atoms with Crippen LogP contribution in [0.2, 0.25) is 5.02 Å². The molecule has 0 bridgehead atoms. The summed E-state index contributed by atoms with van der Waals surface area (Å²) in [5.74, 6) is 0.206. The smallest absolute Gasteiger partial charge is 0.267 e. The Kier molecular flexibility index (Phi) is 8.17. The molecule has 0 radical (unpaired) electrons. The number of primary amides is 1. The van der Waals surface area contributed by atoms with Gasteiger partial charge in [0.25, 0.3) is 5.91 Å². The molecule has 2 rings (SSSR count). The number of rotatable bonds is 5. The number of hydrogen-bond donors (Lipinski definition) is 2. The minimum atomic E-state index is -0.536. The summed E-state index contributed by atoms with van der Waals surface area (Å²) in [6.45, 7) is 1.21. The van der Waals surface area contributed by atoms with E-state index in [4.69, 9.17) is 17.3 Å². The van der Waals surface area contributed by atoms with Gasteiger partial charge in [0.2, 0.25) is 0 Å². The minimum absolute atomic E-state index is 0. The number of hydrogen-bond acceptors (Lipinski definition) is 3. The van der Waals surface area contributed by atoms with Gasteiger partial charge in [-0.3, -0.25) is 14.8 Å². The van der Waals surface area contributed by atoms with Crippen molar-refractivity contribution >= 4 is 47.4 Å². The minimum Gasteiger partial charge on any atom is -0.364 e. The lowest BCUT2D eigenvalue weighted by molar-refractivity contribution is 0.0995. The number of nitrogens with one attached hydrogen (secondary N) is 1. The Morgan fingerprint density at radius 2 is 2.20 bits per heavy atom. The molecule has 0 atom stereocenters. The predicted octanol–water partition coefficient (Wildman–Crippen LogP) is 2.00. The van der Waals surface area contributed by atoms with Gasteiger partial charge < -0.3 is 20.5 Å². The summed E-state index contributed by atoms with van der Waals surface area (Å²) < 4.78 is 1.98. The van der Waals surface area contributed by atoms with Gasteiger partial charge in [-0.05, 0) is 17.7 Å². The number of aromatic nitrogens is 2. The lowest BCUT2D eigenvalue weighted by Crippen LogP contribution is -2.38. The maximum absolute atomic E-state index is 11.0. The third-order valence-electron chi connectivity index (χ3n) is 3.57. The molecule has 2 aromatic rings. The van der Waals surface area contributed by atoms with E-state index in [9.17, 15) is 4.79 Å². The van der Waals surface area contributed by atoms with Crippen LogP contribution in [0.1, 0.15) is 21.7 Å². The molecule has 25 heavy (non-hydrogen) atoms. The zero-order valence-corrected chi connectivity index (χ0v) is 17.4. The fourth-order valence-corrected chi connectivity index (χ4v) is 2.55. The van der Waals surface area contributed by atoms with Crippen molar-refractivity contribution in [3.05, 3.63) is 52.6 Å². The molecule has 1 amide bonds. The number of carbonyl (C=O) groups is 1. The lowest BCUT2D eigenvalue weighted by atomic mass is 10.2. The fourth-order valence-electron chi connectivity index (χ4n) is 2.28. The molecule has 7 nitrogen and oxygen atoms in total. The number of pyridine rings is 1. The van der Waals surface area contributed by atoms with Crippen LogP contribution in [0.15, 0.2) is 35.6 Å². The van der Waals surface area contributed by atoms with Crippen molar-refractivity contribution in [2.75, 3.05) is 14.1 Å². The van der Waals surface area contributed by atoms with Crippen LogP contribution in [0.5, 0.6) is 0 Å². The van der Waals surface area contributed by atoms with E-state index >= 15 is 0 Å². The average Bonchev–Trinajstić information content (AvgIpc) is 2.85. The summed E-state index contributed by atoms with van der Waals surface area (Å²) in [4.78, 5) is 21.3. The average molecular weight is 477 g/mol. The number of halogens is 2. The Labute approximate surface area is 169 Å². The summed E-state index contributed by atoms with van der Waals surface area (Å²) in [5, 5.41) is 3.97. The van der Waals surface area contributed by atoms with Crippen LogP contribution in [0.4, 0.5) is 0 Å². The van der Waals surface area contributed by atoms with Crippen molar-refractivity contribution < 1.29 is 4.79 Å². The second kappa shape index (κ2) is 9.62. The van der Waals surface area contributed by atoms with E-state index in [1.165, 1.54) is 0 Å². The number of aliphatic imine (C=N–C) groups is 1. The molecule has 0 saturated heterocycles. The molecule has 0 spiro atoms. The Bertz CT molecular complexity index is 744. The van der Waals surface area contributed by atoms with Crippen LogP contribution in [0, 0.1) is 0 Å². The Hall–Kier alpha value is -1.81. The van der Waals surface area contributed by atoms with Gasteiger partial charge in [0.1, 0.15) is 5.69 Å². The van der Waals surface area contributed by atoms with Crippen LogP contribution < -0.4 is 11.1 Å². The summed E-state index contributed by atoms with van der Waals surface area (Å²) in [5.41, 5.74) is 7.44. The Morgan fingerprint density at radius 1 is 1.48 bits per heavy atom. The molecular weight excluding hydrogens is 455 g/mol. The first-order valence-electron chi connectivity index (χ1n) is 7.38. The zero-order valence-electron chi connectivity index (χ0n) is 14.4. The molecule has 0 aromatic carbocycles. The third kappa shape index (κ3) is 5.89. The molecular formula is C16H22ClIN6O. The number of nitrogens with zero attached hydrogens (tertiary/aromatic N) is 4. The topological polar surface area (TPSA) is 88.5 Å². The molecule has 2 aromatic heterocycles. The monoisotopic (exact) mass is 476 g/mol. The molecule has 0 aliphatic carbocycles. The molecule has 3 N–H and O–H groups in total. The van der Waals surface area contributed by atoms with E-state index in [0.29, 0.717) is 18.1 Å². The van der Waals surface area contributed by atoms with E-state index in [2.05, 4.69) is 15.3 Å². The SMILES string of the molecule is CN=C(NCc1ccc(C(N)=O)nc1)N(C)Cc1cc(Cl)cn1C.I. The van der Waals surface area contributed by atoms with Crippen molar-refractivity contribution in [1.29, 1.82) is 0 Å². The van der Waals surface area contributed by atoms with Crippen molar-refractivity contribution in [3.8, 4) is 0 Å². The highest BCUT2D eigenvalue weighted by Gasteiger charge is 2.10. The largest absolute Gasteiger partial charge is 0.364 e. The van der Waals surface area contributed by atoms with Gasteiger partial charge in [0.15, 0.2) is 5.96 Å². The number of aryl methyl sites for hydroxylation is 1. The molecule has 0 unspecified atom stereocenters. The van der Waals surface area contributed by atoms with E-state index < -0.39 is 5.91 Å². The van der Waals surface area contributed by atoms with Crippen LogP contribution in [0.25, 0.3) is 0 Å². The van der Waals surface area contributed by atoms with Crippen molar-refractivity contribution in [1.82, 2.24) is 19.8 Å². The highest BCUT2D eigenvalue weighted by molar-refractivity contribution is 14.0. The van der Waals surface area contributed by atoms with Gasteiger partial charge in [0.05, 0.1) is 11.6 Å². The maximum Gasteiger partial charge on any atom is 0.267 e. The molecule has 0 aliphatic heterocycles. The second-order valence-electron chi connectivity index (χ2n) is 5.43. The van der Waals surface area contributed by atoms with Crippen molar-refractivity contribution in [3.63, 3.8) is 0 Å². The van der Waals surface area contributed by atoms with Gasteiger partial charge in [0, 0.05) is 45.8 Å². The summed E-state index contributed by atoms with van der Waals surface area (Å²) in [6.07, 6.45) is 3.49. The van der Waals surface area contributed by atoms with E-state index in [-0.39, 0.29) is 29.7 Å². The molecule has 0 fully saturated rings. The standard InChI is InChI=1S/C16H21ClN6O.HI/c1-19-16(23(3)10-13-6-12(17)9-22(13)2)21-8-11-4-5-14(15(18)24)20-7-11;/h4-7,9H,8,10H2,1-3H3,(H2,18,24)(H,19,21);1H. The van der Waals surface area contributed by atoms with Crippen LogP contribution >= 0.6 is 35.6 Å². The van der Waals surface area contributed by atoms with Gasteiger partial charge in [-0.15, -0.1) is 24.0 Å². The highest BCUT2D eigenvalue weighted by atomic mass is 127. The normalized spacial score (nSPS) is 11.0. The van der Waals surface area contributed by atoms with Crippen LogP contribution in [-0.2, 0) is 20.1 Å².